The molecular weight excluding hydrogens is 302 g/mol. The molecule has 1 saturated heterocycles. The minimum absolute atomic E-state index is 0. The summed E-state index contributed by atoms with van der Waals surface area (Å²) in [6, 6.07) is 7.04. The first-order chi connectivity index (χ1) is 10.2. The molecule has 22 heavy (non-hydrogen) atoms. The largest absolute Gasteiger partial charge is 0.330 e. The lowest BCUT2D eigenvalue weighted by Gasteiger charge is -2.32. The average molecular weight is 324 g/mol. The summed E-state index contributed by atoms with van der Waals surface area (Å²) >= 11 is 0. The Morgan fingerprint density at radius 2 is 1.73 bits per heavy atom. The van der Waals surface area contributed by atoms with Crippen LogP contribution in [0.3, 0.4) is 0 Å². The molecule has 0 bridgehead atoms. The van der Waals surface area contributed by atoms with Crippen molar-refractivity contribution in [2.24, 2.45) is 11.7 Å². The highest BCUT2D eigenvalue weighted by molar-refractivity contribution is 6.21. The number of halogens is 1. The first-order valence-electron chi connectivity index (χ1n) is 7.58. The smallest absolute Gasteiger partial charge is 0.261 e. The number of piperidine rings is 1. The Hall–Kier alpha value is -1.43. The third-order valence-electron chi connectivity index (χ3n) is 4.45. The van der Waals surface area contributed by atoms with Gasteiger partial charge in [0, 0.05) is 19.6 Å². The van der Waals surface area contributed by atoms with Gasteiger partial charge in [0.15, 0.2) is 0 Å². The van der Waals surface area contributed by atoms with Crippen molar-refractivity contribution in [3.05, 3.63) is 35.4 Å². The van der Waals surface area contributed by atoms with Crippen LogP contribution in [0.4, 0.5) is 0 Å². The van der Waals surface area contributed by atoms with Crippen LogP contribution < -0.4 is 5.73 Å². The summed E-state index contributed by atoms with van der Waals surface area (Å²) in [6.45, 7) is 3.91. The number of hydrogen-bond acceptors (Lipinski definition) is 4. The summed E-state index contributed by atoms with van der Waals surface area (Å²) in [4.78, 5) is 28.2. The molecular formula is C16H22ClN3O2. The lowest BCUT2D eigenvalue weighted by molar-refractivity contribution is 0.0624. The van der Waals surface area contributed by atoms with Crippen LogP contribution in [0.1, 0.15) is 33.6 Å². The van der Waals surface area contributed by atoms with Crippen molar-refractivity contribution in [2.75, 3.05) is 32.7 Å². The first kappa shape index (κ1) is 16.9. The SMILES string of the molecule is Cl.NCC1CCCN(CCN2C(=O)c3ccccc3C2=O)C1. The Balaban J connectivity index is 0.00000176. The van der Waals surface area contributed by atoms with E-state index in [4.69, 9.17) is 5.73 Å². The van der Waals surface area contributed by atoms with Gasteiger partial charge in [0.1, 0.15) is 0 Å². The fourth-order valence-electron chi connectivity index (χ4n) is 3.23. The minimum atomic E-state index is -0.164. The number of nitrogens with zero attached hydrogens (tertiary/aromatic N) is 2. The van der Waals surface area contributed by atoms with E-state index in [0.29, 0.717) is 30.1 Å². The van der Waals surface area contributed by atoms with Gasteiger partial charge in [-0.3, -0.25) is 14.5 Å². The number of likely N-dealkylation sites (tertiary alicyclic amines) is 1. The second-order valence-corrected chi connectivity index (χ2v) is 5.85. The molecule has 1 aromatic carbocycles. The van der Waals surface area contributed by atoms with E-state index in [0.717, 1.165) is 26.1 Å². The average Bonchev–Trinajstić information content (AvgIpc) is 2.78. The number of carbonyl (C=O) groups excluding carboxylic acids is 2. The molecule has 1 fully saturated rings. The van der Waals surface area contributed by atoms with Gasteiger partial charge in [-0.25, -0.2) is 0 Å². The van der Waals surface area contributed by atoms with Crippen molar-refractivity contribution >= 4 is 24.2 Å². The Morgan fingerprint density at radius 3 is 2.32 bits per heavy atom. The van der Waals surface area contributed by atoms with Crippen molar-refractivity contribution in [2.45, 2.75) is 12.8 Å². The molecule has 0 radical (unpaired) electrons. The summed E-state index contributed by atoms with van der Waals surface area (Å²) in [6.07, 6.45) is 2.32. The highest BCUT2D eigenvalue weighted by Crippen LogP contribution is 2.22. The molecule has 0 aliphatic carbocycles. The highest BCUT2D eigenvalue weighted by atomic mass is 35.5. The van der Waals surface area contributed by atoms with Gasteiger partial charge in [0.2, 0.25) is 0 Å². The van der Waals surface area contributed by atoms with Crippen molar-refractivity contribution < 1.29 is 9.59 Å². The van der Waals surface area contributed by atoms with Gasteiger partial charge in [-0.05, 0) is 44.0 Å². The summed E-state index contributed by atoms with van der Waals surface area (Å²) in [5.41, 5.74) is 6.80. The molecule has 2 aliphatic rings. The minimum Gasteiger partial charge on any atom is -0.330 e. The summed E-state index contributed by atoms with van der Waals surface area (Å²) in [5.74, 6) is 0.215. The zero-order valence-corrected chi connectivity index (χ0v) is 13.3. The van der Waals surface area contributed by atoms with E-state index >= 15 is 0 Å². The molecule has 2 N–H and O–H groups in total. The van der Waals surface area contributed by atoms with Crippen molar-refractivity contribution in [1.29, 1.82) is 0 Å². The van der Waals surface area contributed by atoms with E-state index in [1.807, 2.05) is 0 Å². The topological polar surface area (TPSA) is 66.6 Å². The van der Waals surface area contributed by atoms with Crippen LogP contribution in [0, 0.1) is 5.92 Å². The summed E-state index contributed by atoms with van der Waals surface area (Å²) in [7, 11) is 0. The van der Waals surface area contributed by atoms with Gasteiger partial charge in [0.05, 0.1) is 11.1 Å². The van der Waals surface area contributed by atoms with Gasteiger partial charge in [-0.1, -0.05) is 12.1 Å². The van der Waals surface area contributed by atoms with Gasteiger partial charge < -0.3 is 10.6 Å². The van der Waals surface area contributed by atoms with E-state index in [2.05, 4.69) is 4.90 Å². The van der Waals surface area contributed by atoms with Crippen molar-refractivity contribution in [3.63, 3.8) is 0 Å². The molecule has 2 amide bonds. The van der Waals surface area contributed by atoms with Gasteiger partial charge in [-0.15, -0.1) is 12.4 Å². The second kappa shape index (κ2) is 7.22. The van der Waals surface area contributed by atoms with E-state index in [1.54, 1.807) is 24.3 Å². The van der Waals surface area contributed by atoms with Gasteiger partial charge in [-0.2, -0.15) is 0 Å². The highest BCUT2D eigenvalue weighted by Gasteiger charge is 2.35. The monoisotopic (exact) mass is 323 g/mol. The van der Waals surface area contributed by atoms with E-state index in [-0.39, 0.29) is 24.2 Å². The fraction of sp³-hybridized carbons (Fsp3) is 0.500. The van der Waals surface area contributed by atoms with Gasteiger partial charge >= 0.3 is 0 Å². The zero-order chi connectivity index (χ0) is 14.8. The number of rotatable bonds is 4. The maximum Gasteiger partial charge on any atom is 0.261 e. The van der Waals surface area contributed by atoms with Crippen molar-refractivity contribution in [1.82, 2.24) is 9.80 Å². The van der Waals surface area contributed by atoms with Crippen LogP contribution in [-0.2, 0) is 0 Å². The molecule has 0 spiro atoms. The normalized spacial score (nSPS) is 21.7. The quantitative estimate of drug-likeness (QED) is 0.850. The Labute approximate surface area is 136 Å². The molecule has 1 unspecified atom stereocenters. The van der Waals surface area contributed by atoms with Crippen LogP contribution >= 0.6 is 12.4 Å². The zero-order valence-electron chi connectivity index (χ0n) is 12.5. The predicted molar refractivity (Wildman–Crippen MR) is 87.3 cm³/mol. The van der Waals surface area contributed by atoms with Crippen molar-refractivity contribution in [3.8, 4) is 0 Å². The standard InChI is InChI=1S/C16H21N3O2.ClH/c17-10-12-4-3-7-18(11-12)8-9-19-15(20)13-5-1-2-6-14(13)16(19)21;/h1-2,5-6,12H,3-4,7-11,17H2;1H. The maximum atomic E-state index is 12.3. The molecule has 2 aliphatic heterocycles. The number of benzene rings is 1. The molecule has 5 nitrogen and oxygen atoms in total. The third-order valence-corrected chi connectivity index (χ3v) is 4.45. The number of amides is 2. The van der Waals surface area contributed by atoms with Crippen LogP contribution in [0.25, 0.3) is 0 Å². The molecule has 1 aromatic rings. The molecule has 0 saturated carbocycles. The molecule has 2 heterocycles. The number of nitrogens with two attached hydrogens (primary N) is 1. The number of carbonyl (C=O) groups is 2. The number of imide groups is 1. The molecule has 1 atom stereocenters. The van der Waals surface area contributed by atoms with Crippen LogP contribution in [-0.4, -0.2) is 54.3 Å². The number of fused-ring (bicyclic) bond motifs is 1. The molecule has 3 rings (SSSR count). The Morgan fingerprint density at radius 1 is 1.09 bits per heavy atom. The van der Waals surface area contributed by atoms with Crippen LogP contribution in [0.15, 0.2) is 24.3 Å². The number of hydrogen-bond donors (Lipinski definition) is 1. The lowest BCUT2D eigenvalue weighted by atomic mass is 9.98. The summed E-state index contributed by atoms with van der Waals surface area (Å²) < 4.78 is 0. The Kier molecular flexibility index (Phi) is 5.56. The maximum absolute atomic E-state index is 12.3. The third kappa shape index (κ3) is 3.16. The van der Waals surface area contributed by atoms with Crippen LogP contribution in [0.5, 0.6) is 0 Å². The van der Waals surface area contributed by atoms with E-state index in [9.17, 15) is 9.59 Å². The first-order valence-corrected chi connectivity index (χ1v) is 7.58. The molecule has 120 valence electrons. The Bertz CT molecular complexity index is 529. The fourth-order valence-corrected chi connectivity index (χ4v) is 3.23. The van der Waals surface area contributed by atoms with E-state index in [1.165, 1.54) is 11.3 Å². The lowest BCUT2D eigenvalue weighted by Crippen LogP contribution is -2.43. The predicted octanol–water partition coefficient (Wildman–Crippen LogP) is 1.38. The molecule has 0 aromatic heterocycles. The summed E-state index contributed by atoms with van der Waals surface area (Å²) in [5, 5.41) is 0. The second-order valence-electron chi connectivity index (χ2n) is 5.85. The van der Waals surface area contributed by atoms with Crippen LogP contribution in [0.2, 0.25) is 0 Å². The molecule has 6 heteroatoms. The van der Waals surface area contributed by atoms with Gasteiger partial charge in [0.25, 0.3) is 11.8 Å². The van der Waals surface area contributed by atoms with E-state index < -0.39 is 0 Å².